The predicted molar refractivity (Wildman–Crippen MR) is 168 cm³/mol. The van der Waals surface area contributed by atoms with Crippen LogP contribution < -0.4 is 10.2 Å². The minimum Gasteiger partial charge on any atom is -0.351 e. The van der Waals surface area contributed by atoms with E-state index in [0.717, 1.165) is 41.0 Å². The maximum Gasteiger partial charge on any atom is 0.267 e. The fraction of sp³-hybridized carbons (Fsp3) is 0.371. The molecule has 1 aliphatic carbocycles. The maximum atomic E-state index is 14.3. The molecule has 0 radical (unpaired) electrons. The zero-order valence-electron chi connectivity index (χ0n) is 25.2. The van der Waals surface area contributed by atoms with Crippen molar-refractivity contribution in [3.05, 3.63) is 107 Å². The quantitative estimate of drug-likeness (QED) is 0.380. The number of anilines is 1. The van der Waals surface area contributed by atoms with E-state index in [-0.39, 0.29) is 18.2 Å². The van der Waals surface area contributed by atoms with Crippen LogP contribution in [0.25, 0.3) is 5.57 Å². The van der Waals surface area contributed by atoms with Crippen molar-refractivity contribution >= 4 is 23.1 Å². The Balaban J connectivity index is 1.27. The van der Waals surface area contributed by atoms with Gasteiger partial charge in [-0.25, -0.2) is 0 Å². The van der Waals surface area contributed by atoms with Crippen LogP contribution in [-0.2, 0) is 27.4 Å². The van der Waals surface area contributed by atoms with E-state index in [4.69, 9.17) is 9.47 Å². The van der Waals surface area contributed by atoms with E-state index in [1.807, 2.05) is 88.3 Å². The number of aromatic nitrogens is 1. The number of amides is 2. The van der Waals surface area contributed by atoms with Gasteiger partial charge in [0.1, 0.15) is 5.69 Å². The van der Waals surface area contributed by atoms with Gasteiger partial charge in [0.2, 0.25) is 0 Å². The van der Waals surface area contributed by atoms with Crippen LogP contribution in [0.4, 0.5) is 5.69 Å². The number of nitrogens with zero attached hydrogens (tertiary/aromatic N) is 3. The largest absolute Gasteiger partial charge is 0.351 e. The van der Waals surface area contributed by atoms with Crippen LogP contribution >= 0.6 is 0 Å². The molecule has 3 heterocycles. The maximum absolute atomic E-state index is 14.3. The highest BCUT2D eigenvalue weighted by molar-refractivity contribution is 6.07. The molecule has 1 N–H and O–H groups in total. The standard InChI is InChI=1S/C35H40N4O4/c1-37-21-9-13-28(37)19-20-36-33(40)32-18-16-29-24-39(31-14-8-7-12-27(31)23-38(29)32)34(41)26-15-17-30(25-10-5-4-6-11-25)35(22-26,42-2)43-3/h4-8,10-12,14-18,28H,9,13,19-24H2,1-3H3,(H,36,40). The number of para-hydroxylation sites is 1. The average Bonchev–Trinajstić information content (AvgIpc) is 3.60. The van der Waals surface area contributed by atoms with E-state index in [1.165, 1.54) is 12.8 Å². The number of allylic oxidation sites excluding steroid dienone is 2. The summed E-state index contributed by atoms with van der Waals surface area (Å²) >= 11 is 0. The first kappa shape index (κ1) is 29.1. The molecule has 1 atom stereocenters. The lowest BCUT2D eigenvalue weighted by molar-refractivity contribution is -0.162. The van der Waals surface area contributed by atoms with Crippen molar-refractivity contribution in [1.82, 2.24) is 14.8 Å². The van der Waals surface area contributed by atoms with E-state index < -0.39 is 5.79 Å². The Bertz CT molecular complexity index is 1550. The molecule has 224 valence electrons. The highest BCUT2D eigenvalue weighted by Gasteiger charge is 2.41. The van der Waals surface area contributed by atoms with Crippen molar-refractivity contribution in [2.24, 2.45) is 0 Å². The lowest BCUT2D eigenvalue weighted by atomic mass is 9.86. The molecule has 2 aliphatic heterocycles. The Morgan fingerprint density at radius 3 is 2.47 bits per heavy atom. The van der Waals surface area contributed by atoms with E-state index >= 15 is 0 Å². The summed E-state index contributed by atoms with van der Waals surface area (Å²) in [6, 6.07) is 22.2. The van der Waals surface area contributed by atoms with Gasteiger partial charge in [0.05, 0.1) is 13.1 Å². The van der Waals surface area contributed by atoms with Crippen LogP contribution in [0.5, 0.6) is 0 Å². The summed E-state index contributed by atoms with van der Waals surface area (Å²) in [6.45, 7) is 2.62. The van der Waals surface area contributed by atoms with Crippen molar-refractivity contribution in [1.29, 1.82) is 0 Å². The molecule has 8 heteroatoms. The van der Waals surface area contributed by atoms with E-state index in [0.29, 0.717) is 36.9 Å². The van der Waals surface area contributed by atoms with Gasteiger partial charge in [-0.1, -0.05) is 60.7 Å². The third kappa shape index (κ3) is 5.58. The van der Waals surface area contributed by atoms with Gasteiger partial charge in [0.25, 0.3) is 11.8 Å². The molecule has 6 rings (SSSR count). The summed E-state index contributed by atoms with van der Waals surface area (Å²) < 4.78 is 14.0. The van der Waals surface area contributed by atoms with E-state index in [9.17, 15) is 9.59 Å². The van der Waals surface area contributed by atoms with E-state index in [1.54, 1.807) is 14.2 Å². The monoisotopic (exact) mass is 580 g/mol. The molecule has 2 aromatic carbocycles. The van der Waals surface area contributed by atoms with E-state index in [2.05, 4.69) is 17.3 Å². The van der Waals surface area contributed by atoms with Gasteiger partial charge < -0.3 is 29.2 Å². The van der Waals surface area contributed by atoms with Crippen molar-refractivity contribution in [2.45, 2.75) is 50.6 Å². The molecule has 1 aromatic heterocycles. The number of carbonyl (C=O) groups is 2. The Morgan fingerprint density at radius 2 is 1.72 bits per heavy atom. The highest BCUT2D eigenvalue weighted by Crippen LogP contribution is 2.41. The molecule has 1 fully saturated rings. The van der Waals surface area contributed by atoms with Gasteiger partial charge >= 0.3 is 0 Å². The molecule has 3 aromatic rings. The number of carbonyl (C=O) groups excluding carboxylic acids is 2. The number of likely N-dealkylation sites (tertiary alicyclic amines) is 1. The van der Waals surface area contributed by atoms with Crippen LogP contribution in [0.2, 0.25) is 0 Å². The number of rotatable bonds is 8. The molecule has 0 saturated carbocycles. The first-order chi connectivity index (χ1) is 20.9. The lowest BCUT2D eigenvalue weighted by Gasteiger charge is -2.37. The second kappa shape index (κ2) is 12.3. The third-order valence-electron chi connectivity index (χ3n) is 9.22. The summed E-state index contributed by atoms with van der Waals surface area (Å²) in [5, 5.41) is 3.14. The second-order valence-corrected chi connectivity index (χ2v) is 11.6. The first-order valence-corrected chi connectivity index (χ1v) is 15.1. The Labute approximate surface area is 253 Å². The number of nitrogens with one attached hydrogen (secondary N) is 1. The van der Waals surface area contributed by atoms with Crippen LogP contribution in [0, 0.1) is 0 Å². The number of hydrogen-bond acceptors (Lipinski definition) is 5. The number of benzene rings is 2. The summed E-state index contributed by atoms with van der Waals surface area (Å²) in [5.41, 5.74) is 5.78. The molecule has 1 unspecified atom stereocenters. The van der Waals surface area contributed by atoms with Crippen molar-refractivity contribution in [3.63, 3.8) is 0 Å². The number of ether oxygens (including phenoxy) is 2. The van der Waals surface area contributed by atoms with Crippen LogP contribution in [0.1, 0.15) is 53.0 Å². The average molecular weight is 581 g/mol. The molecule has 3 aliphatic rings. The summed E-state index contributed by atoms with van der Waals surface area (Å²) in [5.74, 6) is -1.29. The van der Waals surface area contributed by atoms with Gasteiger partial charge in [-0.15, -0.1) is 0 Å². The fourth-order valence-corrected chi connectivity index (χ4v) is 6.74. The smallest absolute Gasteiger partial charge is 0.267 e. The molecule has 0 bridgehead atoms. The molecular weight excluding hydrogens is 540 g/mol. The van der Waals surface area contributed by atoms with Crippen LogP contribution in [0.3, 0.4) is 0 Å². The van der Waals surface area contributed by atoms with Crippen LogP contribution in [-0.4, -0.2) is 67.5 Å². The zero-order valence-corrected chi connectivity index (χ0v) is 25.2. The first-order valence-electron chi connectivity index (χ1n) is 15.1. The molecule has 1 saturated heterocycles. The summed E-state index contributed by atoms with van der Waals surface area (Å²) in [6.07, 6.45) is 7.42. The fourth-order valence-electron chi connectivity index (χ4n) is 6.74. The van der Waals surface area contributed by atoms with Crippen molar-refractivity contribution < 1.29 is 19.1 Å². The predicted octanol–water partition coefficient (Wildman–Crippen LogP) is 5.00. The normalized spacial score (nSPS) is 19.6. The van der Waals surface area contributed by atoms with Crippen molar-refractivity contribution in [3.8, 4) is 0 Å². The number of methoxy groups -OCH3 is 2. The number of hydrogen-bond donors (Lipinski definition) is 1. The van der Waals surface area contributed by atoms with Crippen molar-refractivity contribution in [2.75, 3.05) is 39.3 Å². The lowest BCUT2D eigenvalue weighted by Crippen LogP contribution is -2.41. The number of fused-ring (bicyclic) bond motifs is 2. The Kier molecular flexibility index (Phi) is 8.34. The minimum absolute atomic E-state index is 0.0808. The third-order valence-corrected chi connectivity index (χ3v) is 9.22. The Morgan fingerprint density at radius 1 is 0.953 bits per heavy atom. The molecule has 8 nitrogen and oxygen atoms in total. The molecule has 43 heavy (non-hydrogen) atoms. The summed E-state index contributed by atoms with van der Waals surface area (Å²) in [7, 11) is 5.38. The molecule has 2 amide bonds. The van der Waals surface area contributed by atoms with Gasteiger partial charge in [0, 0.05) is 55.8 Å². The van der Waals surface area contributed by atoms with Gasteiger partial charge in [-0.3, -0.25) is 9.59 Å². The minimum atomic E-state index is -1.09. The Hall–Kier alpha value is -3.98. The van der Waals surface area contributed by atoms with Gasteiger partial charge in [-0.05, 0) is 62.2 Å². The second-order valence-electron chi connectivity index (χ2n) is 11.6. The molecule has 0 spiro atoms. The zero-order chi connectivity index (χ0) is 30.0. The van der Waals surface area contributed by atoms with Gasteiger partial charge in [-0.2, -0.15) is 0 Å². The molecular formula is C35H40N4O4. The highest BCUT2D eigenvalue weighted by atomic mass is 16.7. The summed E-state index contributed by atoms with van der Waals surface area (Å²) in [4.78, 5) is 31.8. The van der Waals surface area contributed by atoms with Crippen LogP contribution in [0.15, 0.2) is 84.5 Å². The topological polar surface area (TPSA) is 76.0 Å². The van der Waals surface area contributed by atoms with Gasteiger partial charge in [0.15, 0.2) is 5.79 Å². The SMILES string of the molecule is COC1(OC)CC(C(=O)N2Cc3ccc(C(=O)NCCC4CCCN4C)n3Cc3ccccc32)=CC=C1c1ccccc1.